The summed E-state index contributed by atoms with van der Waals surface area (Å²) >= 11 is 0. The lowest BCUT2D eigenvalue weighted by Crippen LogP contribution is -2.37. The Hall–Kier alpha value is -0.790. The van der Waals surface area contributed by atoms with Gasteiger partial charge < -0.3 is 0 Å². The first-order chi connectivity index (χ1) is 6.83. The van der Waals surface area contributed by atoms with Gasteiger partial charge >= 0.3 is 0 Å². The molecule has 0 amide bonds. The monoisotopic (exact) mass is 195 g/mol. The smallest absolute Gasteiger partial charge is 0.235 e. The molecule has 0 N–H and O–H groups in total. The van der Waals surface area contributed by atoms with E-state index < -0.39 is 0 Å². The summed E-state index contributed by atoms with van der Waals surface area (Å²) < 4.78 is 4.77. The third-order valence-corrected chi connectivity index (χ3v) is 2.65. The Kier molecular flexibility index (Phi) is 4.71. The molecule has 0 aromatic carbocycles. The fourth-order valence-electron chi connectivity index (χ4n) is 1.85. The predicted molar refractivity (Wildman–Crippen MR) is 59.2 cm³/mol. The van der Waals surface area contributed by atoms with Crippen LogP contribution in [0, 0.1) is 0 Å². The summed E-state index contributed by atoms with van der Waals surface area (Å²) in [6.45, 7) is 8.96. The second-order valence-corrected chi connectivity index (χ2v) is 3.80. The zero-order valence-corrected chi connectivity index (χ0v) is 9.79. The molecule has 0 atom stereocenters. The van der Waals surface area contributed by atoms with Gasteiger partial charge in [-0.15, -0.1) is 0 Å². The van der Waals surface area contributed by atoms with Crippen LogP contribution in [0.5, 0.6) is 0 Å². The summed E-state index contributed by atoms with van der Waals surface area (Å²) in [5, 5.41) is 0. The van der Waals surface area contributed by atoms with Crippen LogP contribution >= 0.6 is 0 Å². The van der Waals surface area contributed by atoms with Crippen LogP contribution in [0.15, 0.2) is 12.4 Å². The Labute approximate surface area is 87.6 Å². The summed E-state index contributed by atoms with van der Waals surface area (Å²) in [5.74, 6) is 1.50. The number of nitrogens with zero attached hydrogens (tertiary/aromatic N) is 2. The standard InChI is InChI=1S/C12H23N2/c1-4-7-8-12-13(6-3)10-11-14(12)9-5-2/h10-11H,4-9H2,1-3H3/q+1. The summed E-state index contributed by atoms with van der Waals surface area (Å²) in [7, 11) is 0. The van der Waals surface area contributed by atoms with Gasteiger partial charge in [0.15, 0.2) is 0 Å². The van der Waals surface area contributed by atoms with Crippen LogP contribution < -0.4 is 4.57 Å². The van der Waals surface area contributed by atoms with Gasteiger partial charge in [-0.3, -0.25) is 0 Å². The normalized spacial score (nSPS) is 10.8. The van der Waals surface area contributed by atoms with Gasteiger partial charge in [-0.1, -0.05) is 20.3 Å². The first-order valence-corrected chi connectivity index (χ1v) is 5.90. The molecule has 14 heavy (non-hydrogen) atoms. The summed E-state index contributed by atoms with van der Waals surface area (Å²) in [6, 6.07) is 0. The van der Waals surface area contributed by atoms with E-state index in [4.69, 9.17) is 0 Å². The summed E-state index contributed by atoms with van der Waals surface area (Å²) in [6.07, 6.45) is 9.45. The molecule has 1 rings (SSSR count). The maximum absolute atomic E-state index is 2.40. The zero-order valence-electron chi connectivity index (χ0n) is 9.79. The number of rotatable bonds is 6. The highest BCUT2D eigenvalue weighted by Crippen LogP contribution is 2.02. The summed E-state index contributed by atoms with van der Waals surface area (Å²) in [4.78, 5) is 0. The summed E-state index contributed by atoms with van der Waals surface area (Å²) in [5.41, 5.74) is 0. The SMILES string of the molecule is CCCCc1n(CC)cc[n+]1CCC. The molecule has 0 saturated carbocycles. The predicted octanol–water partition coefficient (Wildman–Crippen LogP) is 2.55. The Morgan fingerprint density at radius 1 is 1.21 bits per heavy atom. The van der Waals surface area contributed by atoms with Crippen molar-refractivity contribution in [3.63, 3.8) is 0 Å². The van der Waals surface area contributed by atoms with E-state index in [-0.39, 0.29) is 0 Å². The van der Waals surface area contributed by atoms with Gasteiger partial charge in [0.2, 0.25) is 0 Å². The Balaban J connectivity index is 2.76. The van der Waals surface area contributed by atoms with Crippen molar-refractivity contribution in [2.75, 3.05) is 0 Å². The minimum absolute atomic E-state index is 1.09. The van der Waals surface area contributed by atoms with E-state index in [0.717, 1.165) is 13.1 Å². The zero-order chi connectivity index (χ0) is 10.4. The molecule has 1 aromatic heterocycles. The fourth-order valence-corrected chi connectivity index (χ4v) is 1.85. The molecule has 0 aliphatic rings. The minimum atomic E-state index is 1.09. The highest BCUT2D eigenvalue weighted by molar-refractivity contribution is 4.83. The molecule has 2 nitrogen and oxygen atoms in total. The van der Waals surface area contributed by atoms with Gasteiger partial charge in [0.05, 0.1) is 13.1 Å². The highest BCUT2D eigenvalue weighted by atomic mass is 15.1. The molecule has 0 bridgehead atoms. The molecule has 0 aliphatic carbocycles. The van der Waals surface area contributed by atoms with Crippen molar-refractivity contribution >= 4 is 0 Å². The topological polar surface area (TPSA) is 8.81 Å². The molecule has 0 spiro atoms. The first-order valence-electron chi connectivity index (χ1n) is 5.90. The molecule has 80 valence electrons. The van der Waals surface area contributed by atoms with Crippen LogP contribution in [-0.4, -0.2) is 4.57 Å². The van der Waals surface area contributed by atoms with Crippen molar-refractivity contribution in [2.45, 2.75) is 59.5 Å². The maximum Gasteiger partial charge on any atom is 0.256 e. The van der Waals surface area contributed by atoms with Crippen LogP contribution in [-0.2, 0) is 19.5 Å². The molecule has 2 heteroatoms. The number of hydrogen-bond acceptors (Lipinski definition) is 0. The van der Waals surface area contributed by atoms with Crippen molar-refractivity contribution in [2.24, 2.45) is 0 Å². The second-order valence-electron chi connectivity index (χ2n) is 3.80. The van der Waals surface area contributed by atoms with Gasteiger partial charge in [-0.25, -0.2) is 9.13 Å². The van der Waals surface area contributed by atoms with Crippen LogP contribution in [0.25, 0.3) is 0 Å². The van der Waals surface area contributed by atoms with Crippen molar-refractivity contribution < 1.29 is 4.57 Å². The van der Waals surface area contributed by atoms with E-state index in [1.54, 1.807) is 0 Å². The Bertz CT molecular complexity index is 263. The van der Waals surface area contributed by atoms with Crippen molar-refractivity contribution in [1.29, 1.82) is 0 Å². The first kappa shape index (κ1) is 11.3. The molecular weight excluding hydrogens is 172 g/mol. The van der Waals surface area contributed by atoms with Crippen LogP contribution in [0.1, 0.15) is 45.9 Å². The van der Waals surface area contributed by atoms with Crippen LogP contribution in [0.3, 0.4) is 0 Å². The molecule has 0 saturated heterocycles. The van der Waals surface area contributed by atoms with Gasteiger partial charge in [0.25, 0.3) is 5.82 Å². The largest absolute Gasteiger partial charge is 0.256 e. The number of aryl methyl sites for hydroxylation is 2. The van der Waals surface area contributed by atoms with Crippen molar-refractivity contribution in [3.05, 3.63) is 18.2 Å². The maximum atomic E-state index is 2.40. The quantitative estimate of drug-likeness (QED) is 0.617. The van der Waals surface area contributed by atoms with Gasteiger partial charge in [-0.2, -0.15) is 0 Å². The Morgan fingerprint density at radius 3 is 2.57 bits per heavy atom. The van der Waals surface area contributed by atoms with E-state index >= 15 is 0 Å². The van der Waals surface area contributed by atoms with Gasteiger partial charge in [-0.05, 0) is 19.8 Å². The van der Waals surface area contributed by atoms with E-state index in [9.17, 15) is 0 Å². The molecule has 1 heterocycles. The lowest BCUT2D eigenvalue weighted by molar-refractivity contribution is -0.703. The Morgan fingerprint density at radius 2 is 2.00 bits per heavy atom. The molecule has 0 aliphatic heterocycles. The van der Waals surface area contributed by atoms with E-state index in [1.165, 1.54) is 31.5 Å². The van der Waals surface area contributed by atoms with Gasteiger partial charge in [0, 0.05) is 6.42 Å². The van der Waals surface area contributed by atoms with Crippen molar-refractivity contribution in [1.82, 2.24) is 4.57 Å². The molecule has 0 radical (unpaired) electrons. The molecule has 0 fully saturated rings. The minimum Gasteiger partial charge on any atom is -0.235 e. The van der Waals surface area contributed by atoms with E-state index in [2.05, 4.69) is 42.3 Å². The number of aromatic nitrogens is 2. The fraction of sp³-hybridized carbons (Fsp3) is 0.750. The van der Waals surface area contributed by atoms with Gasteiger partial charge in [0.1, 0.15) is 12.4 Å². The van der Waals surface area contributed by atoms with Crippen molar-refractivity contribution in [3.8, 4) is 0 Å². The average molecular weight is 195 g/mol. The average Bonchev–Trinajstić information content (AvgIpc) is 2.58. The highest BCUT2D eigenvalue weighted by Gasteiger charge is 2.13. The molecule has 1 aromatic rings. The third kappa shape index (κ3) is 2.60. The lowest BCUT2D eigenvalue weighted by Gasteiger charge is -2.01. The third-order valence-electron chi connectivity index (χ3n) is 2.65. The number of imidazole rings is 1. The molecular formula is C12H23N2+. The van der Waals surface area contributed by atoms with E-state index in [1.807, 2.05) is 0 Å². The van der Waals surface area contributed by atoms with E-state index in [0.29, 0.717) is 0 Å². The molecule has 0 unspecified atom stereocenters. The second kappa shape index (κ2) is 5.84. The van der Waals surface area contributed by atoms with Crippen LogP contribution in [0.2, 0.25) is 0 Å². The number of unbranched alkanes of at least 4 members (excludes halogenated alkanes) is 1. The lowest BCUT2D eigenvalue weighted by atomic mass is 10.2. The number of hydrogen-bond donors (Lipinski definition) is 0. The van der Waals surface area contributed by atoms with Crippen LogP contribution in [0.4, 0.5) is 0 Å².